The fraction of sp³-hybridized carbons (Fsp3) is 0.471. The third kappa shape index (κ3) is 2.83. The molecule has 1 aliphatic heterocycles. The molecule has 3 rings (SSSR count). The smallest absolute Gasteiger partial charge is 0.129 e. The third-order valence-electron chi connectivity index (χ3n) is 4.24. The molecule has 21 heavy (non-hydrogen) atoms. The first-order valence-corrected chi connectivity index (χ1v) is 8.63. The van der Waals surface area contributed by atoms with Gasteiger partial charge in [0.15, 0.2) is 0 Å². The van der Waals surface area contributed by atoms with E-state index in [-0.39, 0.29) is 0 Å². The van der Waals surface area contributed by atoms with Gasteiger partial charge in [0.2, 0.25) is 0 Å². The molecule has 2 N–H and O–H groups in total. The van der Waals surface area contributed by atoms with E-state index in [9.17, 15) is 0 Å². The lowest BCUT2D eigenvalue weighted by Gasteiger charge is -2.35. The Morgan fingerprint density at radius 2 is 2.29 bits per heavy atom. The molecular weight excluding hydrogens is 278 g/mol. The predicted octanol–water partition coefficient (Wildman–Crippen LogP) is 3.68. The summed E-state index contributed by atoms with van der Waals surface area (Å²) in [6.07, 6.45) is 3.26. The lowest BCUT2D eigenvalue weighted by atomic mass is 10.0. The molecule has 3 nitrogen and oxygen atoms in total. The molecule has 3 heterocycles. The first kappa shape index (κ1) is 14.5. The van der Waals surface area contributed by atoms with Crippen LogP contribution < -0.4 is 10.6 Å². The number of nitrogens with two attached hydrogens (primary N) is 1. The molecule has 112 valence electrons. The minimum Gasteiger partial charge on any atom is -0.349 e. The summed E-state index contributed by atoms with van der Waals surface area (Å²) in [6.45, 7) is 6.10. The zero-order chi connectivity index (χ0) is 14.8. The molecule has 2 aromatic rings. The number of aromatic nitrogens is 1. The number of nitrogens with zero attached hydrogens (tertiary/aromatic N) is 2. The maximum Gasteiger partial charge on any atom is 0.129 e. The third-order valence-corrected chi connectivity index (χ3v) is 5.23. The van der Waals surface area contributed by atoms with E-state index in [0.717, 1.165) is 31.6 Å². The van der Waals surface area contributed by atoms with Crippen LogP contribution in [-0.4, -0.2) is 11.5 Å². The molecule has 1 atom stereocenters. The Morgan fingerprint density at radius 1 is 1.43 bits per heavy atom. The first-order chi connectivity index (χ1) is 10.2. The van der Waals surface area contributed by atoms with Crippen molar-refractivity contribution in [3.05, 3.63) is 45.3 Å². The molecule has 0 fully saturated rings. The van der Waals surface area contributed by atoms with Crippen molar-refractivity contribution in [3.63, 3.8) is 0 Å². The summed E-state index contributed by atoms with van der Waals surface area (Å²) in [4.78, 5) is 8.83. The van der Waals surface area contributed by atoms with Crippen molar-refractivity contribution in [2.75, 3.05) is 11.4 Å². The Labute approximate surface area is 130 Å². The fourth-order valence-corrected chi connectivity index (χ4v) is 4.07. The minimum absolute atomic E-state index is 0.398. The summed E-state index contributed by atoms with van der Waals surface area (Å²) in [5.41, 5.74) is 9.68. The standard InChI is InChI=1S/C17H23N3S/c1-3-4-14-9-13(11-18)10-17(19-14)20-7-5-16-15(12(20)2)6-8-21-16/h6,8-10,12H,3-5,7,11,18H2,1-2H3. The van der Waals surface area contributed by atoms with Crippen LogP contribution in [0.15, 0.2) is 23.6 Å². The molecule has 2 aromatic heterocycles. The van der Waals surface area contributed by atoms with E-state index in [4.69, 9.17) is 10.7 Å². The second kappa shape index (κ2) is 6.16. The number of fused-ring (bicyclic) bond motifs is 1. The Bertz CT molecular complexity index is 620. The van der Waals surface area contributed by atoms with Gasteiger partial charge in [-0.15, -0.1) is 11.3 Å². The van der Waals surface area contributed by atoms with Gasteiger partial charge in [-0.25, -0.2) is 4.98 Å². The Morgan fingerprint density at radius 3 is 3.05 bits per heavy atom. The summed E-state index contributed by atoms with van der Waals surface area (Å²) in [5.74, 6) is 1.09. The van der Waals surface area contributed by atoms with Crippen LogP contribution in [0.2, 0.25) is 0 Å². The van der Waals surface area contributed by atoms with E-state index in [0.29, 0.717) is 12.6 Å². The number of anilines is 1. The average Bonchev–Trinajstić information content (AvgIpc) is 2.97. The van der Waals surface area contributed by atoms with E-state index < -0.39 is 0 Å². The van der Waals surface area contributed by atoms with Gasteiger partial charge in [-0.05, 0) is 54.5 Å². The number of thiophene rings is 1. The highest BCUT2D eigenvalue weighted by Gasteiger charge is 2.26. The Kier molecular flexibility index (Phi) is 4.27. The molecule has 4 heteroatoms. The fourth-order valence-electron chi connectivity index (χ4n) is 3.10. The van der Waals surface area contributed by atoms with Crippen LogP contribution >= 0.6 is 11.3 Å². The summed E-state index contributed by atoms with van der Waals surface area (Å²) >= 11 is 1.88. The molecule has 0 spiro atoms. The predicted molar refractivity (Wildman–Crippen MR) is 89.9 cm³/mol. The molecule has 0 amide bonds. The average molecular weight is 301 g/mol. The number of aryl methyl sites for hydroxylation is 1. The summed E-state index contributed by atoms with van der Waals surface area (Å²) in [7, 11) is 0. The SMILES string of the molecule is CCCc1cc(CN)cc(N2CCc3sccc3C2C)n1. The minimum atomic E-state index is 0.398. The van der Waals surface area contributed by atoms with Crippen molar-refractivity contribution >= 4 is 17.2 Å². The van der Waals surface area contributed by atoms with Gasteiger partial charge in [-0.3, -0.25) is 0 Å². The van der Waals surface area contributed by atoms with E-state index in [1.54, 1.807) is 0 Å². The zero-order valence-electron chi connectivity index (χ0n) is 12.8. The first-order valence-electron chi connectivity index (χ1n) is 7.75. The molecule has 0 bridgehead atoms. The highest BCUT2D eigenvalue weighted by atomic mass is 32.1. The van der Waals surface area contributed by atoms with Crippen molar-refractivity contribution in [1.82, 2.24) is 4.98 Å². The maximum absolute atomic E-state index is 5.86. The molecular formula is C17H23N3S. The topological polar surface area (TPSA) is 42.1 Å². The monoisotopic (exact) mass is 301 g/mol. The number of rotatable bonds is 4. The number of hydrogen-bond acceptors (Lipinski definition) is 4. The molecule has 0 radical (unpaired) electrons. The van der Waals surface area contributed by atoms with E-state index in [1.165, 1.54) is 21.7 Å². The van der Waals surface area contributed by atoms with Crippen LogP contribution in [0.1, 0.15) is 48.0 Å². The van der Waals surface area contributed by atoms with E-state index >= 15 is 0 Å². The van der Waals surface area contributed by atoms with E-state index in [2.05, 4.69) is 42.3 Å². The van der Waals surface area contributed by atoms with Crippen molar-refractivity contribution in [2.45, 2.75) is 45.7 Å². The molecule has 1 aliphatic rings. The van der Waals surface area contributed by atoms with Crippen LogP contribution in [0.25, 0.3) is 0 Å². The summed E-state index contributed by atoms with van der Waals surface area (Å²) < 4.78 is 0. The van der Waals surface area contributed by atoms with Gasteiger partial charge in [-0.2, -0.15) is 0 Å². The second-order valence-corrected chi connectivity index (χ2v) is 6.70. The van der Waals surface area contributed by atoms with Gasteiger partial charge >= 0.3 is 0 Å². The van der Waals surface area contributed by atoms with Crippen LogP contribution in [0.5, 0.6) is 0 Å². The van der Waals surface area contributed by atoms with Crippen molar-refractivity contribution in [3.8, 4) is 0 Å². The van der Waals surface area contributed by atoms with Gasteiger partial charge < -0.3 is 10.6 Å². The van der Waals surface area contributed by atoms with Gasteiger partial charge in [0.05, 0.1) is 6.04 Å². The largest absolute Gasteiger partial charge is 0.349 e. The Balaban J connectivity index is 1.95. The molecule has 0 aliphatic carbocycles. The van der Waals surface area contributed by atoms with Crippen molar-refractivity contribution in [2.24, 2.45) is 5.73 Å². The normalized spacial score (nSPS) is 17.9. The van der Waals surface area contributed by atoms with Crippen LogP contribution in [0, 0.1) is 0 Å². The van der Waals surface area contributed by atoms with Gasteiger partial charge in [0.25, 0.3) is 0 Å². The van der Waals surface area contributed by atoms with Crippen molar-refractivity contribution < 1.29 is 0 Å². The van der Waals surface area contributed by atoms with Gasteiger partial charge in [0, 0.05) is 23.7 Å². The molecule has 0 saturated carbocycles. The quantitative estimate of drug-likeness (QED) is 0.936. The molecule has 0 aromatic carbocycles. The lowest BCUT2D eigenvalue weighted by molar-refractivity contribution is 0.622. The highest BCUT2D eigenvalue weighted by molar-refractivity contribution is 7.10. The molecule has 0 saturated heterocycles. The van der Waals surface area contributed by atoms with Crippen LogP contribution in [-0.2, 0) is 19.4 Å². The number of pyridine rings is 1. The molecule has 1 unspecified atom stereocenters. The summed E-state index contributed by atoms with van der Waals surface area (Å²) in [6, 6.07) is 6.97. The zero-order valence-corrected chi connectivity index (χ0v) is 13.6. The second-order valence-electron chi connectivity index (χ2n) is 5.70. The summed E-state index contributed by atoms with van der Waals surface area (Å²) in [5, 5.41) is 2.21. The maximum atomic E-state index is 5.86. The lowest BCUT2D eigenvalue weighted by Crippen LogP contribution is -2.34. The Hall–Kier alpha value is -1.39. The van der Waals surface area contributed by atoms with Crippen LogP contribution in [0.4, 0.5) is 5.82 Å². The van der Waals surface area contributed by atoms with E-state index in [1.807, 2.05) is 11.3 Å². The van der Waals surface area contributed by atoms with Gasteiger partial charge in [0.1, 0.15) is 5.82 Å². The van der Waals surface area contributed by atoms with Crippen molar-refractivity contribution in [1.29, 1.82) is 0 Å². The number of hydrogen-bond donors (Lipinski definition) is 1. The highest BCUT2D eigenvalue weighted by Crippen LogP contribution is 2.35. The van der Waals surface area contributed by atoms with Gasteiger partial charge in [-0.1, -0.05) is 13.3 Å². The van der Waals surface area contributed by atoms with Crippen LogP contribution in [0.3, 0.4) is 0 Å².